The number of para-hydroxylation sites is 1. The van der Waals surface area contributed by atoms with Gasteiger partial charge < -0.3 is 14.6 Å². The third-order valence-corrected chi connectivity index (χ3v) is 4.01. The van der Waals surface area contributed by atoms with Crippen molar-refractivity contribution >= 4 is 0 Å². The smallest absolute Gasteiger partial charge is 0.125 e. The first kappa shape index (κ1) is 15.3. The standard InChI is InChI=1S/C16H25NO3/c1-4-20-14-8-6-5-7-13(14)15(18)16(2,3)17-9-11-19-12-10-17/h5-8,15,18H,4,9-12H2,1-3H3. The van der Waals surface area contributed by atoms with Crippen LogP contribution in [0.1, 0.15) is 32.4 Å². The highest BCUT2D eigenvalue weighted by molar-refractivity contribution is 5.36. The number of hydrogen-bond donors (Lipinski definition) is 1. The monoisotopic (exact) mass is 279 g/mol. The van der Waals surface area contributed by atoms with E-state index in [1.54, 1.807) is 0 Å². The lowest BCUT2D eigenvalue weighted by atomic mass is 9.88. The van der Waals surface area contributed by atoms with Gasteiger partial charge in [-0.2, -0.15) is 0 Å². The lowest BCUT2D eigenvalue weighted by Crippen LogP contribution is -2.53. The molecule has 0 saturated carbocycles. The maximum atomic E-state index is 10.8. The van der Waals surface area contributed by atoms with Crippen molar-refractivity contribution in [3.63, 3.8) is 0 Å². The molecule has 1 unspecified atom stereocenters. The third kappa shape index (κ3) is 3.14. The zero-order valence-corrected chi connectivity index (χ0v) is 12.6. The number of aliphatic hydroxyl groups is 1. The van der Waals surface area contributed by atoms with Crippen molar-refractivity contribution < 1.29 is 14.6 Å². The summed E-state index contributed by atoms with van der Waals surface area (Å²) in [4.78, 5) is 2.28. The molecule has 0 radical (unpaired) electrons. The highest BCUT2D eigenvalue weighted by Gasteiger charge is 2.37. The molecule has 1 heterocycles. The number of hydrogen-bond acceptors (Lipinski definition) is 4. The van der Waals surface area contributed by atoms with E-state index in [-0.39, 0.29) is 5.54 Å². The van der Waals surface area contributed by atoms with Gasteiger partial charge in [-0.3, -0.25) is 4.90 Å². The maximum absolute atomic E-state index is 10.8. The quantitative estimate of drug-likeness (QED) is 0.897. The molecular weight excluding hydrogens is 254 g/mol. The van der Waals surface area contributed by atoms with Gasteiger partial charge in [-0.25, -0.2) is 0 Å². The van der Waals surface area contributed by atoms with Gasteiger partial charge in [0, 0.05) is 24.2 Å². The van der Waals surface area contributed by atoms with Crippen molar-refractivity contribution in [2.45, 2.75) is 32.4 Å². The number of morpholine rings is 1. The van der Waals surface area contributed by atoms with Gasteiger partial charge in [0.1, 0.15) is 11.9 Å². The molecule has 1 N–H and O–H groups in total. The van der Waals surface area contributed by atoms with Crippen molar-refractivity contribution in [2.24, 2.45) is 0 Å². The van der Waals surface area contributed by atoms with Gasteiger partial charge in [-0.05, 0) is 26.8 Å². The number of benzene rings is 1. The van der Waals surface area contributed by atoms with E-state index in [9.17, 15) is 5.11 Å². The third-order valence-electron chi connectivity index (χ3n) is 4.01. The van der Waals surface area contributed by atoms with E-state index in [1.807, 2.05) is 31.2 Å². The Morgan fingerprint density at radius 3 is 2.60 bits per heavy atom. The molecule has 1 saturated heterocycles. The van der Waals surface area contributed by atoms with E-state index in [2.05, 4.69) is 18.7 Å². The number of aliphatic hydroxyl groups excluding tert-OH is 1. The molecule has 2 rings (SSSR count). The molecule has 4 nitrogen and oxygen atoms in total. The average Bonchev–Trinajstić information content (AvgIpc) is 2.48. The predicted octanol–water partition coefficient (Wildman–Crippen LogP) is 2.23. The van der Waals surface area contributed by atoms with Gasteiger partial charge in [0.15, 0.2) is 0 Å². The zero-order chi connectivity index (χ0) is 14.6. The molecule has 20 heavy (non-hydrogen) atoms. The second-order valence-electron chi connectivity index (χ2n) is 5.63. The fourth-order valence-corrected chi connectivity index (χ4v) is 2.69. The molecule has 1 aliphatic heterocycles. The van der Waals surface area contributed by atoms with Crippen LogP contribution in [0, 0.1) is 0 Å². The Hall–Kier alpha value is -1.10. The summed E-state index contributed by atoms with van der Waals surface area (Å²) in [5.74, 6) is 0.767. The van der Waals surface area contributed by atoms with Gasteiger partial charge in [0.2, 0.25) is 0 Å². The van der Waals surface area contributed by atoms with Crippen molar-refractivity contribution in [1.29, 1.82) is 0 Å². The Bertz CT molecular complexity index is 427. The summed E-state index contributed by atoms with van der Waals surface area (Å²) in [6.07, 6.45) is -0.594. The van der Waals surface area contributed by atoms with Crippen molar-refractivity contribution in [3.8, 4) is 5.75 Å². The van der Waals surface area contributed by atoms with Gasteiger partial charge >= 0.3 is 0 Å². The highest BCUT2D eigenvalue weighted by Crippen LogP contribution is 2.36. The van der Waals surface area contributed by atoms with Gasteiger partial charge in [-0.1, -0.05) is 18.2 Å². The van der Waals surface area contributed by atoms with Gasteiger partial charge in [-0.15, -0.1) is 0 Å². The Morgan fingerprint density at radius 2 is 1.95 bits per heavy atom. The highest BCUT2D eigenvalue weighted by atomic mass is 16.5. The van der Waals surface area contributed by atoms with Crippen molar-refractivity contribution in [1.82, 2.24) is 4.90 Å². The predicted molar refractivity (Wildman–Crippen MR) is 79.0 cm³/mol. The molecular formula is C16H25NO3. The largest absolute Gasteiger partial charge is 0.493 e. The minimum Gasteiger partial charge on any atom is -0.493 e. The fourth-order valence-electron chi connectivity index (χ4n) is 2.69. The summed E-state index contributed by atoms with van der Waals surface area (Å²) < 4.78 is 11.0. The molecule has 1 aromatic carbocycles. The van der Waals surface area contributed by atoms with E-state index >= 15 is 0 Å². The topological polar surface area (TPSA) is 41.9 Å². The van der Waals surface area contributed by atoms with E-state index in [0.717, 1.165) is 37.6 Å². The molecule has 1 fully saturated rings. The molecule has 0 amide bonds. The van der Waals surface area contributed by atoms with Crippen LogP contribution in [0.5, 0.6) is 5.75 Å². The second kappa shape index (κ2) is 6.57. The molecule has 0 aliphatic carbocycles. The Kier molecular flexibility index (Phi) is 5.02. The summed E-state index contributed by atoms with van der Waals surface area (Å²) in [6.45, 7) is 9.85. The summed E-state index contributed by atoms with van der Waals surface area (Å²) in [5.41, 5.74) is 0.502. The maximum Gasteiger partial charge on any atom is 0.125 e. The molecule has 0 bridgehead atoms. The van der Waals surface area contributed by atoms with Crippen LogP contribution in [-0.2, 0) is 4.74 Å². The SMILES string of the molecule is CCOc1ccccc1C(O)C(C)(C)N1CCOCC1. The van der Waals surface area contributed by atoms with Crippen LogP contribution < -0.4 is 4.74 Å². The normalized spacial score (nSPS) is 18.8. The van der Waals surface area contributed by atoms with Gasteiger partial charge in [0.25, 0.3) is 0 Å². The first-order valence-electron chi connectivity index (χ1n) is 7.30. The summed E-state index contributed by atoms with van der Waals surface area (Å²) in [5, 5.41) is 10.8. The molecule has 4 heteroatoms. The molecule has 1 aromatic rings. The van der Waals surface area contributed by atoms with Crippen molar-refractivity contribution in [3.05, 3.63) is 29.8 Å². The van der Waals surface area contributed by atoms with Crippen LogP contribution in [-0.4, -0.2) is 48.5 Å². The van der Waals surface area contributed by atoms with Crippen LogP contribution in [0.4, 0.5) is 0 Å². The molecule has 0 spiro atoms. The number of ether oxygens (including phenoxy) is 2. The van der Waals surface area contributed by atoms with Gasteiger partial charge in [0.05, 0.1) is 19.8 Å². The molecule has 1 aliphatic rings. The van der Waals surface area contributed by atoms with E-state index in [1.165, 1.54) is 0 Å². The van der Waals surface area contributed by atoms with Crippen LogP contribution in [0.2, 0.25) is 0 Å². The Balaban J connectivity index is 2.22. The van der Waals surface area contributed by atoms with Crippen LogP contribution in [0.3, 0.4) is 0 Å². The molecule has 1 atom stereocenters. The summed E-state index contributed by atoms with van der Waals surface area (Å²) in [6, 6.07) is 7.73. The lowest BCUT2D eigenvalue weighted by molar-refractivity contribution is -0.0636. The van der Waals surface area contributed by atoms with Crippen LogP contribution in [0.15, 0.2) is 24.3 Å². The first-order valence-corrected chi connectivity index (χ1v) is 7.30. The fraction of sp³-hybridized carbons (Fsp3) is 0.625. The van der Waals surface area contributed by atoms with E-state index < -0.39 is 6.10 Å². The Labute approximate surface area is 121 Å². The minimum absolute atomic E-state index is 0.350. The first-order chi connectivity index (χ1) is 9.57. The number of nitrogens with zero attached hydrogens (tertiary/aromatic N) is 1. The zero-order valence-electron chi connectivity index (χ0n) is 12.6. The van der Waals surface area contributed by atoms with Crippen LogP contribution in [0.25, 0.3) is 0 Å². The van der Waals surface area contributed by atoms with Crippen molar-refractivity contribution in [2.75, 3.05) is 32.9 Å². The lowest BCUT2D eigenvalue weighted by Gasteiger charge is -2.44. The average molecular weight is 279 g/mol. The molecule has 0 aromatic heterocycles. The summed E-state index contributed by atoms with van der Waals surface area (Å²) >= 11 is 0. The van der Waals surface area contributed by atoms with E-state index in [0.29, 0.717) is 6.61 Å². The van der Waals surface area contributed by atoms with Crippen LogP contribution >= 0.6 is 0 Å². The Morgan fingerprint density at radius 1 is 1.30 bits per heavy atom. The summed E-state index contributed by atoms with van der Waals surface area (Å²) in [7, 11) is 0. The minimum atomic E-state index is -0.594. The second-order valence-corrected chi connectivity index (χ2v) is 5.63. The van der Waals surface area contributed by atoms with E-state index in [4.69, 9.17) is 9.47 Å². The number of rotatable bonds is 5. The molecule has 112 valence electrons.